The Morgan fingerprint density at radius 1 is 0.875 bits per heavy atom. The Morgan fingerprint density at radius 3 is 2.12 bits per heavy atom. The molecule has 0 saturated carbocycles. The van der Waals surface area contributed by atoms with Crippen molar-refractivity contribution < 1.29 is 9.53 Å². The Kier molecular flexibility index (Phi) is 3.62. The van der Waals surface area contributed by atoms with Gasteiger partial charge in [0.2, 0.25) is 0 Å². The fraction of sp³-hybridized carbons (Fsp3) is 0. The first-order chi connectivity index (χ1) is 7.88. The molecule has 0 saturated heterocycles. The van der Waals surface area contributed by atoms with Gasteiger partial charge in [0, 0.05) is 9.79 Å². The SMILES string of the molecule is O=COc1ccc(Sc2ccccc2)cc1. The maximum Gasteiger partial charge on any atom is 0.298 e. The average molecular weight is 230 g/mol. The summed E-state index contributed by atoms with van der Waals surface area (Å²) in [6, 6.07) is 17.5. The fourth-order valence-corrected chi connectivity index (χ4v) is 2.10. The van der Waals surface area contributed by atoms with Gasteiger partial charge in [-0.05, 0) is 36.4 Å². The first kappa shape index (κ1) is 10.8. The van der Waals surface area contributed by atoms with Crippen LogP contribution in [-0.4, -0.2) is 6.47 Å². The van der Waals surface area contributed by atoms with Crippen molar-refractivity contribution in [1.29, 1.82) is 0 Å². The molecule has 16 heavy (non-hydrogen) atoms. The second-order valence-electron chi connectivity index (χ2n) is 3.10. The molecule has 0 aromatic heterocycles. The Bertz CT molecular complexity index is 451. The zero-order valence-corrected chi connectivity index (χ0v) is 9.31. The highest BCUT2D eigenvalue weighted by molar-refractivity contribution is 7.99. The summed E-state index contributed by atoms with van der Waals surface area (Å²) < 4.78 is 4.72. The van der Waals surface area contributed by atoms with E-state index in [-0.39, 0.29) is 0 Å². The van der Waals surface area contributed by atoms with Gasteiger partial charge < -0.3 is 4.74 Å². The molecule has 0 bridgehead atoms. The second-order valence-corrected chi connectivity index (χ2v) is 4.25. The van der Waals surface area contributed by atoms with Gasteiger partial charge in [-0.25, -0.2) is 0 Å². The minimum atomic E-state index is 0.430. The van der Waals surface area contributed by atoms with Crippen molar-refractivity contribution in [2.75, 3.05) is 0 Å². The van der Waals surface area contributed by atoms with Crippen LogP contribution in [0.4, 0.5) is 0 Å². The zero-order valence-electron chi connectivity index (χ0n) is 8.50. The van der Waals surface area contributed by atoms with Crippen LogP contribution in [0.2, 0.25) is 0 Å². The van der Waals surface area contributed by atoms with E-state index in [1.54, 1.807) is 23.9 Å². The molecule has 0 heterocycles. The largest absolute Gasteiger partial charge is 0.429 e. The lowest BCUT2D eigenvalue weighted by Gasteiger charge is -2.02. The van der Waals surface area contributed by atoms with Crippen LogP contribution in [0.25, 0.3) is 0 Å². The van der Waals surface area contributed by atoms with Crippen LogP contribution in [0.1, 0.15) is 0 Å². The Balaban J connectivity index is 2.08. The predicted molar refractivity (Wildman–Crippen MR) is 63.7 cm³/mol. The third-order valence-electron chi connectivity index (χ3n) is 1.99. The quantitative estimate of drug-likeness (QED) is 0.753. The minimum absolute atomic E-state index is 0.430. The average Bonchev–Trinajstić information content (AvgIpc) is 2.33. The topological polar surface area (TPSA) is 26.3 Å². The van der Waals surface area contributed by atoms with Crippen LogP contribution < -0.4 is 4.74 Å². The van der Waals surface area contributed by atoms with E-state index < -0.39 is 0 Å². The lowest BCUT2D eigenvalue weighted by molar-refractivity contribution is -0.120. The molecule has 0 amide bonds. The number of carbonyl (C=O) groups excluding carboxylic acids is 1. The van der Waals surface area contributed by atoms with E-state index in [1.165, 1.54) is 4.90 Å². The predicted octanol–water partition coefficient (Wildman–Crippen LogP) is 3.37. The lowest BCUT2D eigenvalue weighted by atomic mass is 10.3. The third-order valence-corrected chi connectivity index (χ3v) is 3.00. The van der Waals surface area contributed by atoms with Crippen molar-refractivity contribution in [2.24, 2.45) is 0 Å². The molecule has 0 spiro atoms. The molecule has 0 aliphatic heterocycles. The number of rotatable bonds is 4. The minimum Gasteiger partial charge on any atom is -0.429 e. The molecule has 2 nitrogen and oxygen atoms in total. The van der Waals surface area contributed by atoms with Gasteiger partial charge in [0.1, 0.15) is 5.75 Å². The molecule has 2 aromatic rings. The molecule has 0 aliphatic carbocycles. The first-order valence-corrected chi connectivity index (χ1v) is 5.63. The summed E-state index contributed by atoms with van der Waals surface area (Å²) in [5.41, 5.74) is 0. The van der Waals surface area contributed by atoms with Gasteiger partial charge in [-0.2, -0.15) is 0 Å². The normalized spacial score (nSPS) is 9.75. The molecule has 0 atom stereocenters. The van der Waals surface area contributed by atoms with E-state index >= 15 is 0 Å². The number of ether oxygens (including phenoxy) is 1. The molecule has 80 valence electrons. The molecule has 0 aliphatic rings. The van der Waals surface area contributed by atoms with Crippen molar-refractivity contribution in [3.05, 3.63) is 54.6 Å². The van der Waals surface area contributed by atoms with Crippen LogP contribution in [-0.2, 0) is 4.79 Å². The Hall–Kier alpha value is -1.74. The van der Waals surface area contributed by atoms with Crippen molar-refractivity contribution in [3.8, 4) is 5.75 Å². The van der Waals surface area contributed by atoms with Crippen LogP contribution in [0.3, 0.4) is 0 Å². The van der Waals surface area contributed by atoms with Crippen LogP contribution in [0.5, 0.6) is 5.75 Å². The van der Waals surface area contributed by atoms with Crippen molar-refractivity contribution >= 4 is 18.2 Å². The Morgan fingerprint density at radius 2 is 1.50 bits per heavy atom. The summed E-state index contributed by atoms with van der Waals surface area (Å²) in [5.74, 6) is 0.562. The van der Waals surface area contributed by atoms with Crippen molar-refractivity contribution in [3.63, 3.8) is 0 Å². The number of carbonyl (C=O) groups is 1. The van der Waals surface area contributed by atoms with Gasteiger partial charge in [-0.3, -0.25) is 4.79 Å². The van der Waals surface area contributed by atoms with E-state index in [1.807, 2.05) is 30.3 Å². The second kappa shape index (κ2) is 5.37. The van der Waals surface area contributed by atoms with Gasteiger partial charge in [0.05, 0.1) is 0 Å². The number of hydrogen-bond acceptors (Lipinski definition) is 3. The van der Waals surface area contributed by atoms with Gasteiger partial charge in [-0.1, -0.05) is 30.0 Å². The van der Waals surface area contributed by atoms with Gasteiger partial charge in [-0.15, -0.1) is 0 Å². The molecule has 2 rings (SSSR count). The van der Waals surface area contributed by atoms with Crippen molar-refractivity contribution in [2.45, 2.75) is 9.79 Å². The summed E-state index contributed by atoms with van der Waals surface area (Å²) in [4.78, 5) is 12.4. The molecule has 0 unspecified atom stereocenters. The fourth-order valence-electron chi connectivity index (χ4n) is 1.27. The van der Waals surface area contributed by atoms with Gasteiger partial charge in [0.15, 0.2) is 0 Å². The maximum atomic E-state index is 10.1. The Labute approximate surface area is 98.3 Å². The molecule has 2 aromatic carbocycles. The highest BCUT2D eigenvalue weighted by Crippen LogP contribution is 2.28. The summed E-state index contributed by atoms with van der Waals surface area (Å²) >= 11 is 1.67. The summed E-state index contributed by atoms with van der Waals surface area (Å²) in [7, 11) is 0. The molecule has 0 N–H and O–H groups in total. The van der Waals surface area contributed by atoms with Crippen molar-refractivity contribution in [1.82, 2.24) is 0 Å². The highest BCUT2D eigenvalue weighted by atomic mass is 32.2. The smallest absolute Gasteiger partial charge is 0.298 e. The molecular formula is C13H10O2S. The van der Waals surface area contributed by atoms with E-state index in [0.717, 1.165) is 4.90 Å². The van der Waals surface area contributed by atoms with Crippen LogP contribution in [0, 0.1) is 0 Å². The highest BCUT2D eigenvalue weighted by Gasteiger charge is 1.97. The monoisotopic (exact) mass is 230 g/mol. The summed E-state index contributed by atoms with van der Waals surface area (Å²) in [6.07, 6.45) is 0. The molecular weight excluding hydrogens is 220 g/mol. The third kappa shape index (κ3) is 2.87. The van der Waals surface area contributed by atoms with E-state index in [9.17, 15) is 4.79 Å². The van der Waals surface area contributed by atoms with Gasteiger partial charge in [0.25, 0.3) is 6.47 Å². The maximum absolute atomic E-state index is 10.1. The van der Waals surface area contributed by atoms with E-state index in [0.29, 0.717) is 12.2 Å². The van der Waals surface area contributed by atoms with E-state index in [2.05, 4.69) is 12.1 Å². The van der Waals surface area contributed by atoms with Crippen LogP contribution >= 0.6 is 11.8 Å². The van der Waals surface area contributed by atoms with Gasteiger partial charge >= 0.3 is 0 Å². The summed E-state index contributed by atoms with van der Waals surface area (Å²) in [5, 5.41) is 0. The number of benzene rings is 2. The molecule has 0 fully saturated rings. The summed E-state index contributed by atoms with van der Waals surface area (Å²) in [6.45, 7) is 0.430. The van der Waals surface area contributed by atoms with E-state index in [4.69, 9.17) is 4.74 Å². The number of hydrogen-bond donors (Lipinski definition) is 0. The molecule has 0 radical (unpaired) electrons. The van der Waals surface area contributed by atoms with Crippen LogP contribution in [0.15, 0.2) is 64.4 Å². The first-order valence-electron chi connectivity index (χ1n) is 4.82. The zero-order chi connectivity index (χ0) is 11.2. The standard InChI is InChI=1S/C13H10O2S/c14-10-15-11-6-8-13(9-7-11)16-12-4-2-1-3-5-12/h1-10H. The molecule has 3 heteroatoms. The lowest BCUT2D eigenvalue weighted by Crippen LogP contribution is -1.87.